The zero-order chi connectivity index (χ0) is 37.1. The van der Waals surface area contributed by atoms with Gasteiger partial charge in [0.25, 0.3) is 0 Å². The first kappa shape index (κ1) is 33.0. The number of hydrogen-bond donors (Lipinski definition) is 0. The summed E-state index contributed by atoms with van der Waals surface area (Å²) in [4.78, 5) is 5.08. The summed E-state index contributed by atoms with van der Waals surface area (Å²) in [6.45, 7) is 0. The van der Waals surface area contributed by atoms with Crippen LogP contribution in [0.3, 0.4) is 0 Å². The van der Waals surface area contributed by atoms with Gasteiger partial charge in [0.15, 0.2) is 0 Å². The van der Waals surface area contributed by atoms with E-state index in [1.807, 2.05) is 11.3 Å². The van der Waals surface area contributed by atoms with E-state index in [0.29, 0.717) is 0 Å². The third kappa shape index (κ3) is 5.22. The van der Waals surface area contributed by atoms with Crippen molar-refractivity contribution in [3.63, 3.8) is 0 Å². The summed E-state index contributed by atoms with van der Waals surface area (Å²) < 4.78 is 2.62. The fourth-order valence-electron chi connectivity index (χ4n) is 9.87. The van der Waals surface area contributed by atoms with Gasteiger partial charge in [-0.05, 0) is 120 Å². The minimum Gasteiger partial charge on any atom is -0.310 e. The summed E-state index contributed by atoms with van der Waals surface area (Å²) in [5.41, 5.74) is 15.5. The Bertz CT molecular complexity index is 2820. The van der Waals surface area contributed by atoms with Crippen LogP contribution < -0.4 is 9.80 Å². The highest BCUT2D eigenvalue weighted by atomic mass is 32.1. The van der Waals surface area contributed by atoms with Crippen molar-refractivity contribution in [1.29, 1.82) is 0 Å². The van der Waals surface area contributed by atoms with Gasteiger partial charge in [-0.3, -0.25) is 0 Å². The van der Waals surface area contributed by atoms with Crippen LogP contribution >= 0.6 is 11.3 Å². The zero-order valence-electron chi connectivity index (χ0n) is 31.1. The van der Waals surface area contributed by atoms with Gasteiger partial charge in [0, 0.05) is 48.2 Å². The van der Waals surface area contributed by atoms with E-state index in [0.717, 1.165) is 25.7 Å². The summed E-state index contributed by atoms with van der Waals surface area (Å²) in [5.74, 6) is 0. The molecule has 11 rings (SSSR count). The molecule has 0 saturated heterocycles. The molecule has 2 nitrogen and oxygen atoms in total. The maximum atomic E-state index is 2.59. The molecule has 0 saturated carbocycles. The molecule has 0 amide bonds. The maximum absolute atomic E-state index is 2.59. The number of thiophene rings is 1. The summed E-state index contributed by atoms with van der Waals surface area (Å²) in [7, 11) is 0. The lowest BCUT2D eigenvalue weighted by atomic mass is 9.74. The second-order valence-corrected chi connectivity index (χ2v) is 16.3. The van der Waals surface area contributed by atoms with E-state index in [9.17, 15) is 0 Å². The molecule has 0 N–H and O–H groups in total. The third-order valence-corrected chi connectivity index (χ3v) is 13.3. The van der Waals surface area contributed by atoms with E-state index >= 15 is 0 Å². The molecule has 8 aromatic carbocycles. The molecular formula is C53H40N2S. The molecule has 2 aliphatic rings. The predicted molar refractivity (Wildman–Crippen MR) is 238 cm³/mol. The number of para-hydroxylation sites is 3. The van der Waals surface area contributed by atoms with E-state index in [1.165, 1.54) is 87.7 Å². The van der Waals surface area contributed by atoms with Gasteiger partial charge in [-0.15, -0.1) is 11.3 Å². The van der Waals surface area contributed by atoms with Gasteiger partial charge < -0.3 is 9.80 Å². The van der Waals surface area contributed by atoms with Crippen molar-refractivity contribution < 1.29 is 0 Å². The molecule has 56 heavy (non-hydrogen) atoms. The minimum absolute atomic E-state index is 0.151. The van der Waals surface area contributed by atoms with Crippen LogP contribution in [0.5, 0.6) is 0 Å². The molecule has 1 spiro atoms. The molecule has 0 unspecified atom stereocenters. The van der Waals surface area contributed by atoms with Gasteiger partial charge in [0.1, 0.15) is 0 Å². The van der Waals surface area contributed by atoms with Crippen LogP contribution in [0.15, 0.2) is 194 Å². The molecule has 9 aromatic rings. The fourth-order valence-corrected chi connectivity index (χ4v) is 11.0. The van der Waals surface area contributed by atoms with E-state index in [1.54, 1.807) is 0 Å². The highest BCUT2D eigenvalue weighted by Crippen LogP contribution is 2.60. The lowest BCUT2D eigenvalue weighted by Gasteiger charge is -2.37. The van der Waals surface area contributed by atoms with E-state index in [2.05, 4.69) is 204 Å². The quantitative estimate of drug-likeness (QED) is 0.161. The van der Waals surface area contributed by atoms with E-state index in [4.69, 9.17) is 0 Å². The monoisotopic (exact) mass is 736 g/mol. The van der Waals surface area contributed by atoms with Crippen LogP contribution in [0, 0.1) is 0 Å². The molecule has 0 bridgehead atoms. The number of anilines is 6. The number of fused-ring (bicyclic) bond motifs is 7. The predicted octanol–water partition coefficient (Wildman–Crippen LogP) is 14.8. The van der Waals surface area contributed by atoms with Crippen molar-refractivity contribution >= 4 is 65.6 Å². The Labute approximate surface area is 332 Å². The zero-order valence-corrected chi connectivity index (χ0v) is 31.9. The Kier molecular flexibility index (Phi) is 7.89. The second kappa shape index (κ2) is 13.4. The number of rotatable bonds is 7. The topological polar surface area (TPSA) is 6.48 Å². The minimum atomic E-state index is -0.151. The van der Waals surface area contributed by atoms with Crippen molar-refractivity contribution in [3.8, 4) is 11.1 Å². The third-order valence-electron chi connectivity index (χ3n) is 12.2. The summed E-state index contributed by atoms with van der Waals surface area (Å²) >= 11 is 1.89. The Hall–Kier alpha value is -6.42. The van der Waals surface area contributed by atoms with Gasteiger partial charge in [-0.25, -0.2) is 0 Å². The number of nitrogens with zero attached hydrogens (tertiary/aromatic N) is 2. The van der Waals surface area contributed by atoms with Crippen LogP contribution in [-0.2, 0) is 18.3 Å². The Morgan fingerprint density at radius 1 is 0.393 bits per heavy atom. The summed E-state index contributed by atoms with van der Waals surface area (Å²) in [5, 5.41) is 2.63. The fraction of sp³-hybridized carbons (Fsp3) is 0.0943. The average Bonchev–Trinajstić information content (AvgIpc) is 3.96. The van der Waals surface area contributed by atoms with Crippen LogP contribution in [-0.4, -0.2) is 0 Å². The van der Waals surface area contributed by atoms with Crippen molar-refractivity contribution in [2.45, 2.75) is 31.1 Å². The van der Waals surface area contributed by atoms with Gasteiger partial charge in [0.2, 0.25) is 0 Å². The van der Waals surface area contributed by atoms with Crippen molar-refractivity contribution in [2.24, 2.45) is 0 Å². The van der Waals surface area contributed by atoms with E-state index in [-0.39, 0.29) is 5.41 Å². The summed E-state index contributed by atoms with van der Waals surface area (Å²) in [6.07, 6.45) is 4.29. The lowest BCUT2D eigenvalue weighted by molar-refractivity contribution is 0.508. The molecule has 3 heteroatoms. The average molecular weight is 737 g/mol. The smallest absolute Gasteiger partial charge is 0.0554 e. The van der Waals surface area contributed by atoms with Crippen molar-refractivity contribution in [1.82, 2.24) is 0 Å². The number of benzene rings is 8. The largest absolute Gasteiger partial charge is 0.310 e. The Morgan fingerprint density at radius 2 is 0.893 bits per heavy atom. The molecule has 0 radical (unpaired) electrons. The lowest BCUT2D eigenvalue weighted by Crippen LogP contribution is -2.27. The van der Waals surface area contributed by atoms with Crippen LogP contribution in [0.25, 0.3) is 31.3 Å². The van der Waals surface area contributed by atoms with E-state index < -0.39 is 0 Å². The molecular weight excluding hydrogens is 697 g/mol. The first-order valence-corrected chi connectivity index (χ1v) is 20.6. The molecule has 2 aliphatic carbocycles. The van der Waals surface area contributed by atoms with Gasteiger partial charge in [-0.1, -0.05) is 127 Å². The molecule has 0 aliphatic heterocycles. The molecule has 1 atom stereocenters. The molecule has 1 aromatic heterocycles. The first-order valence-electron chi connectivity index (χ1n) is 19.8. The summed E-state index contributed by atoms with van der Waals surface area (Å²) in [6, 6.07) is 71.8. The molecule has 0 fully saturated rings. The standard InChI is InChI=1S/C53H40N2S/c1-5-17-37(18-6-1)44-35-45-43-27-13-14-30-49(43)56-50(45)36-48(44)55(42-25-11-4-12-26-42)47-29-16-20-39-32-34-53(52(39)47)33-31-38-19-15-28-46(51(38)53)54(40-21-7-2-8-22-40)41-23-9-3-10-24-41/h1-30,35-36H,31-34H2/t53-/m1/s1. The van der Waals surface area contributed by atoms with Crippen molar-refractivity contribution in [3.05, 3.63) is 216 Å². The maximum Gasteiger partial charge on any atom is 0.0554 e. The van der Waals surface area contributed by atoms with Gasteiger partial charge in [0.05, 0.1) is 17.1 Å². The Morgan fingerprint density at radius 3 is 1.48 bits per heavy atom. The SMILES string of the molecule is c1ccc(-c2cc3c(cc2N(c2ccccc2)c2cccc4c2[C@]2(CCc5cccc(N(c6ccccc6)c6ccccc6)c52)CC4)sc2ccccc23)cc1. The Balaban J connectivity index is 1.18. The second-order valence-electron chi connectivity index (χ2n) is 15.2. The molecule has 1 heterocycles. The van der Waals surface area contributed by atoms with Gasteiger partial charge in [-0.2, -0.15) is 0 Å². The first-order chi connectivity index (χ1) is 27.8. The molecule has 268 valence electrons. The normalized spacial score (nSPS) is 15.6. The van der Waals surface area contributed by atoms with Gasteiger partial charge >= 0.3 is 0 Å². The highest BCUT2D eigenvalue weighted by molar-refractivity contribution is 7.25. The van der Waals surface area contributed by atoms with Crippen LogP contribution in [0.2, 0.25) is 0 Å². The van der Waals surface area contributed by atoms with Crippen molar-refractivity contribution in [2.75, 3.05) is 9.80 Å². The van der Waals surface area contributed by atoms with Crippen LogP contribution in [0.1, 0.15) is 35.1 Å². The number of aryl methyl sites for hydroxylation is 2. The highest BCUT2D eigenvalue weighted by Gasteiger charge is 2.49. The van der Waals surface area contributed by atoms with Crippen LogP contribution in [0.4, 0.5) is 34.1 Å². The number of hydrogen-bond acceptors (Lipinski definition) is 3.